The molecule has 0 spiro atoms. The summed E-state index contributed by atoms with van der Waals surface area (Å²) in [5.74, 6) is 0.912. The minimum absolute atomic E-state index is 0.0503. The molecule has 178 valence electrons. The first-order valence-corrected chi connectivity index (χ1v) is 13.2. The van der Waals surface area contributed by atoms with Gasteiger partial charge in [-0.1, -0.05) is 24.3 Å². The third-order valence-corrected chi connectivity index (χ3v) is 8.38. The minimum Gasteiger partial charge on any atom is -0.485 e. The fourth-order valence-electron chi connectivity index (χ4n) is 4.53. The zero-order valence-corrected chi connectivity index (χ0v) is 20.3. The number of sulfonamides is 1. The first-order chi connectivity index (χ1) is 15.9. The van der Waals surface area contributed by atoms with Crippen molar-refractivity contribution in [1.29, 1.82) is 0 Å². The predicted molar refractivity (Wildman–Crippen MR) is 129 cm³/mol. The van der Waals surface area contributed by atoms with Crippen LogP contribution in [0.1, 0.15) is 31.7 Å². The molecule has 1 amide bonds. The molecule has 1 unspecified atom stereocenters. The Labute approximate surface area is 197 Å². The Bertz CT molecular complexity index is 1070. The fourth-order valence-corrected chi connectivity index (χ4v) is 6.05. The maximum atomic E-state index is 12.7. The summed E-state index contributed by atoms with van der Waals surface area (Å²) in [5.41, 5.74) is 2.05. The summed E-state index contributed by atoms with van der Waals surface area (Å²) in [5, 5.41) is 0. The van der Waals surface area contributed by atoms with Crippen molar-refractivity contribution in [3.05, 3.63) is 54.1 Å². The predicted octanol–water partition coefficient (Wildman–Crippen LogP) is 3.15. The third-order valence-electron chi connectivity index (χ3n) is 6.46. The summed E-state index contributed by atoms with van der Waals surface area (Å²) < 4.78 is 33.0. The lowest BCUT2D eigenvalue weighted by molar-refractivity contribution is -0.130. The number of carbonyl (C=O) groups is 1. The number of amides is 1. The average Bonchev–Trinajstić information content (AvgIpc) is 3.38. The number of nitrogens with zero attached hydrogens (tertiary/aromatic N) is 3. The SMILES string of the molecule is CCN1CC(CN(C)C(=O)CCc2ccc(S(=O)(=O)N3CCCC3)cc2)Oc2ccccc21. The van der Waals surface area contributed by atoms with Gasteiger partial charge in [-0.3, -0.25) is 4.79 Å². The van der Waals surface area contributed by atoms with Crippen LogP contribution in [0.25, 0.3) is 0 Å². The molecule has 8 heteroatoms. The Kier molecular flexibility index (Phi) is 7.24. The summed E-state index contributed by atoms with van der Waals surface area (Å²) in [6.45, 7) is 5.47. The number of anilines is 1. The minimum atomic E-state index is -3.40. The van der Waals surface area contributed by atoms with E-state index in [0.29, 0.717) is 37.4 Å². The lowest BCUT2D eigenvalue weighted by atomic mass is 10.1. The van der Waals surface area contributed by atoms with Crippen LogP contribution in [0, 0.1) is 0 Å². The Morgan fingerprint density at radius 2 is 1.79 bits per heavy atom. The number of benzene rings is 2. The van der Waals surface area contributed by atoms with Crippen molar-refractivity contribution in [3.63, 3.8) is 0 Å². The smallest absolute Gasteiger partial charge is 0.243 e. The second kappa shape index (κ2) is 10.1. The van der Waals surface area contributed by atoms with Crippen LogP contribution in [-0.2, 0) is 21.2 Å². The number of hydrogen-bond acceptors (Lipinski definition) is 5. The van der Waals surface area contributed by atoms with Crippen LogP contribution in [0.2, 0.25) is 0 Å². The summed E-state index contributed by atoms with van der Waals surface area (Å²) in [6, 6.07) is 15.0. The van der Waals surface area contributed by atoms with Gasteiger partial charge in [-0.15, -0.1) is 0 Å². The molecular formula is C25H33N3O4S. The molecule has 2 aliphatic heterocycles. The lowest BCUT2D eigenvalue weighted by Gasteiger charge is -2.37. The number of ether oxygens (including phenoxy) is 1. The Morgan fingerprint density at radius 3 is 2.48 bits per heavy atom. The van der Waals surface area contributed by atoms with Gasteiger partial charge >= 0.3 is 0 Å². The van der Waals surface area contributed by atoms with E-state index in [-0.39, 0.29) is 12.0 Å². The highest BCUT2D eigenvalue weighted by atomic mass is 32.2. The molecule has 1 fully saturated rings. The largest absolute Gasteiger partial charge is 0.485 e. The molecule has 0 saturated carbocycles. The van der Waals surface area contributed by atoms with Gasteiger partial charge in [0.25, 0.3) is 0 Å². The van der Waals surface area contributed by atoms with Crippen LogP contribution in [-0.4, -0.2) is 69.4 Å². The molecule has 2 aromatic rings. The molecule has 33 heavy (non-hydrogen) atoms. The molecule has 4 rings (SSSR count). The maximum absolute atomic E-state index is 12.7. The van der Waals surface area contributed by atoms with Gasteiger partial charge < -0.3 is 14.5 Å². The van der Waals surface area contributed by atoms with Crippen molar-refractivity contribution < 1.29 is 17.9 Å². The molecule has 0 radical (unpaired) electrons. The van der Waals surface area contributed by atoms with E-state index in [9.17, 15) is 13.2 Å². The van der Waals surface area contributed by atoms with Crippen LogP contribution in [0.5, 0.6) is 5.75 Å². The molecule has 2 heterocycles. The lowest BCUT2D eigenvalue weighted by Crippen LogP contribution is -2.46. The van der Waals surface area contributed by atoms with E-state index in [4.69, 9.17) is 4.74 Å². The number of aryl methyl sites for hydroxylation is 1. The van der Waals surface area contributed by atoms with E-state index in [0.717, 1.165) is 42.9 Å². The van der Waals surface area contributed by atoms with Gasteiger partial charge in [0.1, 0.15) is 11.9 Å². The summed E-state index contributed by atoms with van der Waals surface area (Å²) in [4.78, 5) is 17.1. The van der Waals surface area contributed by atoms with E-state index in [1.165, 1.54) is 0 Å². The van der Waals surface area contributed by atoms with Crippen molar-refractivity contribution in [2.75, 3.05) is 44.7 Å². The highest BCUT2D eigenvalue weighted by Gasteiger charge is 2.28. The molecule has 0 aromatic heterocycles. The summed E-state index contributed by atoms with van der Waals surface area (Å²) in [6.07, 6.45) is 2.70. The second-order valence-corrected chi connectivity index (χ2v) is 10.7. The monoisotopic (exact) mass is 471 g/mol. The standard InChI is InChI=1S/C25H33N3O4S/c1-3-27-19-21(32-24-9-5-4-8-23(24)27)18-26(2)25(29)15-12-20-10-13-22(14-11-20)33(30,31)28-16-6-7-17-28/h4-5,8-11,13-14,21H,3,6-7,12,15-19H2,1-2H3. The highest BCUT2D eigenvalue weighted by Crippen LogP contribution is 2.33. The van der Waals surface area contributed by atoms with Gasteiger partial charge in [-0.25, -0.2) is 8.42 Å². The topological polar surface area (TPSA) is 70.2 Å². The molecular weight excluding hydrogens is 438 g/mol. The van der Waals surface area contributed by atoms with Crippen molar-refractivity contribution in [1.82, 2.24) is 9.21 Å². The molecule has 1 saturated heterocycles. The molecule has 7 nitrogen and oxygen atoms in total. The van der Waals surface area contributed by atoms with E-state index in [1.54, 1.807) is 21.3 Å². The first kappa shape index (κ1) is 23.6. The third kappa shape index (κ3) is 5.33. The Morgan fingerprint density at radius 1 is 1.09 bits per heavy atom. The van der Waals surface area contributed by atoms with Gasteiger partial charge in [-0.2, -0.15) is 4.31 Å². The summed E-state index contributed by atoms with van der Waals surface area (Å²) >= 11 is 0. The Balaban J connectivity index is 1.30. The number of hydrogen-bond donors (Lipinski definition) is 0. The second-order valence-electron chi connectivity index (χ2n) is 8.78. The molecule has 0 aliphatic carbocycles. The average molecular weight is 472 g/mol. The fraction of sp³-hybridized carbons (Fsp3) is 0.480. The number of fused-ring (bicyclic) bond motifs is 1. The van der Waals surface area contributed by atoms with Gasteiger partial charge in [0.2, 0.25) is 15.9 Å². The van der Waals surface area contributed by atoms with Gasteiger partial charge in [0.15, 0.2) is 0 Å². The van der Waals surface area contributed by atoms with Crippen LogP contribution >= 0.6 is 0 Å². The number of rotatable bonds is 8. The van der Waals surface area contributed by atoms with Crippen molar-refractivity contribution in [2.24, 2.45) is 0 Å². The maximum Gasteiger partial charge on any atom is 0.243 e. The normalized spacial score (nSPS) is 18.6. The molecule has 0 N–H and O–H groups in total. The molecule has 0 bridgehead atoms. The van der Waals surface area contributed by atoms with Crippen LogP contribution < -0.4 is 9.64 Å². The van der Waals surface area contributed by atoms with Gasteiger partial charge in [-0.05, 0) is 56.0 Å². The number of carbonyl (C=O) groups excluding carboxylic acids is 1. The Hall–Kier alpha value is -2.58. The zero-order chi connectivity index (χ0) is 23.4. The summed E-state index contributed by atoms with van der Waals surface area (Å²) in [7, 11) is -1.59. The van der Waals surface area contributed by atoms with Crippen LogP contribution in [0.15, 0.2) is 53.4 Å². The first-order valence-electron chi connectivity index (χ1n) is 11.7. The number of para-hydroxylation sites is 2. The molecule has 2 aromatic carbocycles. The van der Waals surface area contributed by atoms with Crippen molar-refractivity contribution in [3.8, 4) is 5.75 Å². The molecule has 2 aliphatic rings. The van der Waals surface area contributed by atoms with Crippen molar-refractivity contribution in [2.45, 2.75) is 43.6 Å². The van der Waals surface area contributed by atoms with E-state index in [2.05, 4.69) is 17.9 Å². The van der Waals surface area contributed by atoms with Gasteiger partial charge in [0.05, 0.1) is 23.7 Å². The van der Waals surface area contributed by atoms with E-state index < -0.39 is 10.0 Å². The van der Waals surface area contributed by atoms with Gasteiger partial charge in [0, 0.05) is 33.1 Å². The van der Waals surface area contributed by atoms with E-state index in [1.807, 2.05) is 37.4 Å². The highest BCUT2D eigenvalue weighted by molar-refractivity contribution is 7.89. The van der Waals surface area contributed by atoms with Crippen molar-refractivity contribution >= 4 is 21.6 Å². The van der Waals surface area contributed by atoms with Crippen LogP contribution in [0.4, 0.5) is 5.69 Å². The quantitative estimate of drug-likeness (QED) is 0.592. The number of likely N-dealkylation sites (N-methyl/N-ethyl adjacent to an activating group) is 2. The zero-order valence-electron chi connectivity index (χ0n) is 19.4. The molecule has 1 atom stereocenters. The van der Waals surface area contributed by atoms with E-state index >= 15 is 0 Å². The van der Waals surface area contributed by atoms with Crippen LogP contribution in [0.3, 0.4) is 0 Å².